The number of aromatic nitrogens is 1. The highest BCUT2D eigenvalue weighted by Gasteiger charge is 2.24. The minimum atomic E-state index is -3.67. The first-order valence-corrected chi connectivity index (χ1v) is 16.2. The van der Waals surface area contributed by atoms with E-state index in [1.165, 1.54) is 16.9 Å². The molecule has 0 N–H and O–H groups in total. The summed E-state index contributed by atoms with van der Waals surface area (Å²) in [6.07, 6.45) is 1.50. The number of ketones is 1. The van der Waals surface area contributed by atoms with Crippen molar-refractivity contribution in [1.29, 1.82) is 0 Å². The van der Waals surface area contributed by atoms with Crippen molar-refractivity contribution in [3.8, 4) is 11.5 Å². The van der Waals surface area contributed by atoms with Crippen LogP contribution < -0.4 is 9.47 Å². The maximum Gasteiger partial charge on any atom is 0.254 e. The minimum absolute atomic E-state index is 0.0852. The zero-order chi connectivity index (χ0) is 30.1. The fourth-order valence-electron chi connectivity index (χ4n) is 4.59. The molecule has 0 saturated carbocycles. The number of carbonyl (C=O) groups is 2. The number of hydrogen-bond acceptors (Lipinski definition) is 8. The molecule has 0 bridgehead atoms. The largest absolute Gasteiger partial charge is 0.496 e. The molecule has 1 heterocycles. The molecule has 0 aliphatic carbocycles. The van der Waals surface area contributed by atoms with E-state index in [2.05, 4.69) is 4.98 Å². The van der Waals surface area contributed by atoms with Gasteiger partial charge in [-0.05, 0) is 43.0 Å². The van der Waals surface area contributed by atoms with Crippen molar-refractivity contribution in [3.05, 3.63) is 111 Å². The highest BCUT2D eigenvalue weighted by Crippen LogP contribution is 2.30. The van der Waals surface area contributed by atoms with Crippen LogP contribution in [0.5, 0.6) is 11.5 Å². The van der Waals surface area contributed by atoms with Crippen molar-refractivity contribution in [2.75, 3.05) is 26.5 Å². The quantitative estimate of drug-likeness (QED) is 0.174. The number of Topliss-reactive ketones (excluding diaryl/α,β-unsaturated/α-hetero) is 1. The number of carbonyl (C=O) groups excluding carboxylic acids is 2. The summed E-state index contributed by atoms with van der Waals surface area (Å²) < 4.78 is 36.3. The van der Waals surface area contributed by atoms with Gasteiger partial charge >= 0.3 is 0 Å². The van der Waals surface area contributed by atoms with Crippen LogP contribution in [0.1, 0.15) is 49.0 Å². The topological polar surface area (TPSA) is 103 Å². The van der Waals surface area contributed by atoms with Crippen molar-refractivity contribution < 1.29 is 27.5 Å². The Kier molecular flexibility index (Phi) is 10.5. The molecule has 4 rings (SSSR count). The number of hydrogen-bond donors (Lipinski definition) is 0. The first-order valence-electron chi connectivity index (χ1n) is 13.5. The lowest BCUT2D eigenvalue weighted by atomic mass is 10.1. The van der Waals surface area contributed by atoms with E-state index in [0.29, 0.717) is 40.6 Å². The van der Waals surface area contributed by atoms with E-state index in [1.54, 1.807) is 67.0 Å². The highest BCUT2D eigenvalue weighted by atomic mass is 32.2. The summed E-state index contributed by atoms with van der Waals surface area (Å²) in [6.45, 7) is 2.47. The molecule has 0 aliphatic rings. The van der Waals surface area contributed by atoms with Crippen LogP contribution in [0.3, 0.4) is 0 Å². The number of ether oxygens (including phenoxy) is 2. The smallest absolute Gasteiger partial charge is 0.254 e. The fourth-order valence-corrected chi connectivity index (χ4v) is 6.75. The van der Waals surface area contributed by atoms with Gasteiger partial charge in [0.25, 0.3) is 5.91 Å². The van der Waals surface area contributed by atoms with Crippen LogP contribution in [-0.2, 0) is 28.6 Å². The van der Waals surface area contributed by atoms with Crippen LogP contribution in [0.25, 0.3) is 0 Å². The van der Waals surface area contributed by atoms with E-state index in [4.69, 9.17) is 9.47 Å². The van der Waals surface area contributed by atoms with Gasteiger partial charge in [0.05, 0.1) is 26.5 Å². The zero-order valence-electron chi connectivity index (χ0n) is 23.9. The summed E-state index contributed by atoms with van der Waals surface area (Å²) >= 11 is 1.23. The lowest BCUT2D eigenvalue weighted by Crippen LogP contribution is -2.32. The van der Waals surface area contributed by atoms with Crippen molar-refractivity contribution in [2.45, 2.75) is 32.1 Å². The van der Waals surface area contributed by atoms with E-state index in [1.807, 2.05) is 37.3 Å². The number of benzene rings is 3. The molecule has 0 saturated heterocycles. The third kappa shape index (κ3) is 8.27. The molecule has 0 aliphatic heterocycles. The first kappa shape index (κ1) is 30.9. The third-order valence-electron chi connectivity index (χ3n) is 6.77. The highest BCUT2D eigenvalue weighted by molar-refractivity contribution is 7.91. The number of sulfone groups is 1. The summed E-state index contributed by atoms with van der Waals surface area (Å²) in [5.74, 6) is -0.560. The SMILES string of the molecule is COc1cc(C(=O)N(CCCc2ccccc2)Cc2nc(C(=O)CS(=O)(=O)Cc3ccccc3)cs2)cc(OC)c1C. The predicted molar refractivity (Wildman–Crippen MR) is 164 cm³/mol. The molecule has 8 nitrogen and oxygen atoms in total. The number of rotatable bonds is 14. The van der Waals surface area contributed by atoms with E-state index in [9.17, 15) is 18.0 Å². The molecular formula is C32H34N2O6S2. The fraction of sp³-hybridized carbons (Fsp3) is 0.281. The van der Waals surface area contributed by atoms with Gasteiger partial charge in [0, 0.05) is 23.1 Å². The molecule has 0 fully saturated rings. The van der Waals surface area contributed by atoms with Gasteiger partial charge in [0.1, 0.15) is 28.0 Å². The molecule has 0 atom stereocenters. The molecule has 42 heavy (non-hydrogen) atoms. The number of methoxy groups -OCH3 is 2. The Morgan fingerprint density at radius 3 is 2.10 bits per heavy atom. The Hall–Kier alpha value is -4.02. The Labute approximate surface area is 250 Å². The van der Waals surface area contributed by atoms with Crippen LogP contribution in [0, 0.1) is 6.92 Å². The average Bonchev–Trinajstić information content (AvgIpc) is 3.46. The van der Waals surface area contributed by atoms with E-state index in [-0.39, 0.29) is 23.9 Å². The van der Waals surface area contributed by atoms with Gasteiger partial charge in [0.2, 0.25) is 0 Å². The Bertz CT molecular complexity index is 1590. The van der Waals surface area contributed by atoms with Gasteiger partial charge in [-0.3, -0.25) is 9.59 Å². The second kappa shape index (κ2) is 14.2. The maximum atomic E-state index is 13.8. The molecule has 1 amide bonds. The second-order valence-corrected chi connectivity index (χ2v) is 12.9. The van der Waals surface area contributed by atoms with Gasteiger partial charge in [0.15, 0.2) is 15.6 Å². The number of amides is 1. The minimum Gasteiger partial charge on any atom is -0.496 e. The number of aryl methyl sites for hydroxylation is 1. The van der Waals surface area contributed by atoms with Gasteiger partial charge in [-0.1, -0.05) is 60.7 Å². The molecule has 220 valence electrons. The molecule has 4 aromatic rings. The Balaban J connectivity index is 1.51. The van der Waals surface area contributed by atoms with Crippen LogP contribution in [0.4, 0.5) is 0 Å². The standard InChI is InChI=1S/C32H34N2O6S2/c1-23-29(39-2)17-26(18-30(23)40-3)32(36)34(16-10-15-24-11-6-4-7-12-24)19-31-33-27(20-41-31)28(35)22-42(37,38)21-25-13-8-5-9-14-25/h4-9,11-14,17-18,20H,10,15-16,19,21-22H2,1-3H3. The average molecular weight is 607 g/mol. The lowest BCUT2D eigenvalue weighted by Gasteiger charge is -2.23. The summed E-state index contributed by atoms with van der Waals surface area (Å²) in [7, 11) is -0.587. The summed E-state index contributed by atoms with van der Waals surface area (Å²) in [5.41, 5.74) is 3.08. The van der Waals surface area contributed by atoms with Gasteiger partial charge in [-0.25, -0.2) is 13.4 Å². The van der Waals surface area contributed by atoms with E-state index in [0.717, 1.165) is 12.0 Å². The predicted octanol–water partition coefficient (Wildman–Crippen LogP) is 5.54. The normalized spacial score (nSPS) is 11.2. The Morgan fingerprint density at radius 2 is 1.50 bits per heavy atom. The first-order chi connectivity index (χ1) is 20.2. The van der Waals surface area contributed by atoms with Crippen molar-refractivity contribution in [3.63, 3.8) is 0 Å². The summed E-state index contributed by atoms with van der Waals surface area (Å²) in [6, 6.07) is 22.2. The van der Waals surface area contributed by atoms with Gasteiger partial charge in [-0.15, -0.1) is 11.3 Å². The molecule has 3 aromatic carbocycles. The lowest BCUT2D eigenvalue weighted by molar-refractivity contribution is 0.0740. The van der Waals surface area contributed by atoms with Crippen LogP contribution in [0.2, 0.25) is 0 Å². The molecular weight excluding hydrogens is 572 g/mol. The number of nitrogens with zero attached hydrogens (tertiary/aromatic N) is 2. The van der Waals surface area contributed by atoms with Crippen LogP contribution >= 0.6 is 11.3 Å². The van der Waals surface area contributed by atoms with Gasteiger partial charge < -0.3 is 14.4 Å². The van der Waals surface area contributed by atoms with Crippen molar-refractivity contribution >= 4 is 32.9 Å². The third-order valence-corrected chi connectivity index (χ3v) is 9.08. The molecule has 0 radical (unpaired) electrons. The summed E-state index contributed by atoms with van der Waals surface area (Å²) in [4.78, 5) is 32.8. The van der Waals surface area contributed by atoms with Crippen molar-refractivity contribution in [1.82, 2.24) is 9.88 Å². The zero-order valence-corrected chi connectivity index (χ0v) is 25.5. The molecule has 0 unspecified atom stereocenters. The van der Waals surface area contributed by atoms with E-state index < -0.39 is 21.4 Å². The van der Waals surface area contributed by atoms with Crippen LogP contribution in [-0.4, -0.2) is 56.5 Å². The molecule has 1 aromatic heterocycles. The van der Waals surface area contributed by atoms with Crippen LogP contribution in [0.15, 0.2) is 78.2 Å². The monoisotopic (exact) mass is 606 g/mol. The van der Waals surface area contributed by atoms with Gasteiger partial charge in [-0.2, -0.15) is 0 Å². The summed E-state index contributed by atoms with van der Waals surface area (Å²) in [5, 5.41) is 2.10. The Morgan fingerprint density at radius 1 is 0.905 bits per heavy atom. The van der Waals surface area contributed by atoms with Crippen molar-refractivity contribution in [2.24, 2.45) is 0 Å². The molecule has 10 heteroatoms. The van der Waals surface area contributed by atoms with E-state index >= 15 is 0 Å². The number of thiazole rings is 1. The molecule has 0 spiro atoms. The maximum absolute atomic E-state index is 13.8. The second-order valence-electron chi connectivity index (χ2n) is 9.89.